The Morgan fingerprint density at radius 3 is 2.04 bits per heavy atom. The van der Waals surface area contributed by atoms with Gasteiger partial charge in [0, 0.05) is 25.2 Å². The van der Waals surface area contributed by atoms with E-state index in [1.165, 1.54) is 5.56 Å². The molecule has 2 rings (SSSR count). The Balaban J connectivity index is 1.89. The molecule has 0 heterocycles. The molecular weight excluding hydrogens is 326 g/mol. The normalized spacial score (nSPS) is 10.6. The van der Waals surface area contributed by atoms with E-state index >= 15 is 0 Å². The van der Waals surface area contributed by atoms with E-state index in [1.807, 2.05) is 36.4 Å². The van der Waals surface area contributed by atoms with Crippen LogP contribution in [-0.2, 0) is 19.6 Å². The Morgan fingerprint density at radius 2 is 1.42 bits per heavy atom. The van der Waals surface area contributed by atoms with E-state index in [0.29, 0.717) is 13.1 Å². The van der Waals surface area contributed by atoms with Crippen LogP contribution in [0.2, 0.25) is 0 Å². The number of methoxy groups -OCH3 is 1. The van der Waals surface area contributed by atoms with E-state index in [-0.39, 0.29) is 6.03 Å². The molecule has 0 bridgehead atoms. The van der Waals surface area contributed by atoms with Gasteiger partial charge in [0.25, 0.3) is 0 Å². The van der Waals surface area contributed by atoms with Gasteiger partial charge in [-0.15, -0.1) is 0 Å². The van der Waals surface area contributed by atoms with Crippen LogP contribution >= 0.6 is 0 Å². The maximum Gasteiger partial charge on any atom is 0.315 e. The summed E-state index contributed by atoms with van der Waals surface area (Å²) < 4.78 is 5.30. The van der Waals surface area contributed by atoms with Crippen molar-refractivity contribution in [2.24, 2.45) is 0 Å². The molecular formula is C21H29N3O2. The van der Waals surface area contributed by atoms with Gasteiger partial charge in [0.15, 0.2) is 0 Å². The molecule has 140 valence electrons. The van der Waals surface area contributed by atoms with Gasteiger partial charge in [0.1, 0.15) is 5.75 Å². The standard InChI is InChI=1S/C21H29N3O2/c1-4-24(5-2)16-19-12-7-6-10-17(19)14-22-21(25)23-15-18-11-8-9-13-20(18)26-3/h6-13H,4-5,14-16H2,1-3H3,(H2,22,23,25). The quantitative estimate of drug-likeness (QED) is 0.723. The largest absolute Gasteiger partial charge is 0.496 e. The first-order valence-electron chi connectivity index (χ1n) is 9.10. The number of carbonyl (C=O) groups excluding carboxylic acids is 1. The zero-order valence-electron chi connectivity index (χ0n) is 15.9. The van der Waals surface area contributed by atoms with Crippen molar-refractivity contribution in [3.05, 3.63) is 65.2 Å². The third kappa shape index (κ3) is 5.77. The Kier molecular flexibility index (Phi) is 7.96. The monoisotopic (exact) mass is 355 g/mol. The molecule has 26 heavy (non-hydrogen) atoms. The fourth-order valence-corrected chi connectivity index (χ4v) is 2.83. The Hall–Kier alpha value is -2.53. The zero-order valence-corrected chi connectivity index (χ0v) is 15.9. The molecule has 2 aromatic carbocycles. The second kappa shape index (κ2) is 10.5. The van der Waals surface area contributed by atoms with E-state index in [2.05, 4.69) is 41.5 Å². The number of hydrogen-bond donors (Lipinski definition) is 2. The van der Waals surface area contributed by atoms with Crippen LogP contribution in [0.1, 0.15) is 30.5 Å². The molecule has 2 N–H and O–H groups in total. The highest BCUT2D eigenvalue weighted by molar-refractivity contribution is 5.74. The van der Waals surface area contributed by atoms with Crippen LogP contribution in [0.4, 0.5) is 4.79 Å². The van der Waals surface area contributed by atoms with Crippen molar-refractivity contribution in [2.45, 2.75) is 33.5 Å². The molecule has 0 radical (unpaired) electrons. The lowest BCUT2D eigenvalue weighted by molar-refractivity contribution is 0.240. The van der Waals surface area contributed by atoms with E-state index < -0.39 is 0 Å². The molecule has 5 nitrogen and oxygen atoms in total. The van der Waals surface area contributed by atoms with Crippen LogP contribution in [0.3, 0.4) is 0 Å². The van der Waals surface area contributed by atoms with Crippen LogP contribution in [0, 0.1) is 0 Å². The van der Waals surface area contributed by atoms with E-state index in [9.17, 15) is 4.79 Å². The molecule has 0 unspecified atom stereocenters. The Labute approximate surface area is 156 Å². The molecule has 0 aliphatic rings. The van der Waals surface area contributed by atoms with Gasteiger partial charge in [-0.05, 0) is 30.3 Å². The molecule has 0 atom stereocenters. The summed E-state index contributed by atoms with van der Waals surface area (Å²) >= 11 is 0. The van der Waals surface area contributed by atoms with Gasteiger partial charge in [-0.25, -0.2) is 4.79 Å². The predicted molar refractivity (Wildman–Crippen MR) is 105 cm³/mol. The number of para-hydroxylation sites is 1. The number of hydrogen-bond acceptors (Lipinski definition) is 3. The summed E-state index contributed by atoms with van der Waals surface area (Å²) in [6, 6.07) is 15.7. The van der Waals surface area contributed by atoms with Crippen LogP contribution in [0.25, 0.3) is 0 Å². The third-order valence-electron chi connectivity index (χ3n) is 4.48. The van der Waals surface area contributed by atoms with E-state index in [4.69, 9.17) is 4.74 Å². The number of urea groups is 1. The average Bonchev–Trinajstić information content (AvgIpc) is 2.69. The summed E-state index contributed by atoms with van der Waals surface area (Å²) in [5.74, 6) is 0.775. The number of carbonyl (C=O) groups is 1. The summed E-state index contributed by atoms with van der Waals surface area (Å²) in [5.41, 5.74) is 3.35. The summed E-state index contributed by atoms with van der Waals surface area (Å²) in [4.78, 5) is 14.5. The highest BCUT2D eigenvalue weighted by atomic mass is 16.5. The smallest absolute Gasteiger partial charge is 0.315 e. The van der Waals surface area contributed by atoms with Crippen LogP contribution in [-0.4, -0.2) is 31.1 Å². The molecule has 0 saturated heterocycles. The zero-order chi connectivity index (χ0) is 18.8. The van der Waals surface area contributed by atoms with Gasteiger partial charge in [0.2, 0.25) is 0 Å². The number of nitrogens with one attached hydrogen (secondary N) is 2. The number of amides is 2. The highest BCUT2D eigenvalue weighted by Crippen LogP contribution is 2.16. The number of benzene rings is 2. The fourth-order valence-electron chi connectivity index (χ4n) is 2.83. The number of rotatable bonds is 9. The minimum atomic E-state index is -0.187. The lowest BCUT2D eigenvalue weighted by Gasteiger charge is -2.20. The number of nitrogens with zero attached hydrogens (tertiary/aromatic N) is 1. The molecule has 0 aromatic heterocycles. The molecule has 0 saturated carbocycles. The van der Waals surface area contributed by atoms with Crippen molar-refractivity contribution in [3.63, 3.8) is 0 Å². The van der Waals surface area contributed by atoms with Crippen molar-refractivity contribution in [2.75, 3.05) is 20.2 Å². The second-order valence-electron chi connectivity index (χ2n) is 6.08. The van der Waals surface area contributed by atoms with Gasteiger partial charge in [-0.3, -0.25) is 4.90 Å². The van der Waals surface area contributed by atoms with Gasteiger partial charge >= 0.3 is 6.03 Å². The maximum absolute atomic E-state index is 12.2. The summed E-state index contributed by atoms with van der Waals surface area (Å²) in [5, 5.41) is 5.83. The number of ether oxygens (including phenoxy) is 1. The summed E-state index contributed by atoms with van der Waals surface area (Å²) in [6.45, 7) is 8.18. The van der Waals surface area contributed by atoms with Gasteiger partial charge in [-0.2, -0.15) is 0 Å². The van der Waals surface area contributed by atoms with Crippen molar-refractivity contribution >= 4 is 6.03 Å². The van der Waals surface area contributed by atoms with Crippen molar-refractivity contribution < 1.29 is 9.53 Å². The molecule has 2 aromatic rings. The van der Waals surface area contributed by atoms with Crippen LogP contribution in [0.15, 0.2) is 48.5 Å². The summed E-state index contributed by atoms with van der Waals surface area (Å²) in [7, 11) is 1.63. The molecule has 0 spiro atoms. The lowest BCUT2D eigenvalue weighted by Crippen LogP contribution is -2.35. The van der Waals surface area contributed by atoms with Gasteiger partial charge in [-0.1, -0.05) is 56.3 Å². The third-order valence-corrected chi connectivity index (χ3v) is 4.48. The Bertz CT molecular complexity index is 699. The average molecular weight is 355 g/mol. The Morgan fingerprint density at radius 1 is 0.885 bits per heavy atom. The second-order valence-corrected chi connectivity index (χ2v) is 6.08. The van der Waals surface area contributed by atoms with Crippen LogP contribution in [0.5, 0.6) is 5.75 Å². The SMILES string of the molecule is CCN(CC)Cc1ccccc1CNC(=O)NCc1ccccc1OC. The first-order valence-corrected chi connectivity index (χ1v) is 9.10. The van der Waals surface area contributed by atoms with Crippen molar-refractivity contribution in [3.8, 4) is 5.75 Å². The maximum atomic E-state index is 12.2. The lowest BCUT2D eigenvalue weighted by atomic mass is 10.1. The molecule has 5 heteroatoms. The van der Waals surface area contributed by atoms with Gasteiger partial charge < -0.3 is 15.4 Å². The molecule has 0 aliphatic carbocycles. The van der Waals surface area contributed by atoms with Crippen molar-refractivity contribution in [1.29, 1.82) is 0 Å². The molecule has 0 fully saturated rings. The van der Waals surface area contributed by atoms with E-state index in [1.54, 1.807) is 7.11 Å². The molecule has 0 aliphatic heterocycles. The van der Waals surface area contributed by atoms with E-state index in [0.717, 1.165) is 36.5 Å². The fraction of sp³-hybridized carbons (Fsp3) is 0.381. The highest BCUT2D eigenvalue weighted by Gasteiger charge is 2.08. The molecule has 2 amide bonds. The minimum Gasteiger partial charge on any atom is -0.496 e. The van der Waals surface area contributed by atoms with Gasteiger partial charge in [0.05, 0.1) is 7.11 Å². The first kappa shape index (κ1) is 19.8. The van der Waals surface area contributed by atoms with Crippen LogP contribution < -0.4 is 15.4 Å². The summed E-state index contributed by atoms with van der Waals surface area (Å²) in [6.07, 6.45) is 0. The first-order chi connectivity index (χ1) is 12.7. The minimum absolute atomic E-state index is 0.187. The van der Waals surface area contributed by atoms with Crippen molar-refractivity contribution in [1.82, 2.24) is 15.5 Å². The predicted octanol–water partition coefficient (Wildman–Crippen LogP) is 3.54. The topological polar surface area (TPSA) is 53.6 Å².